The molecule has 6 nitrogen and oxygen atoms in total. The smallest absolute Gasteiger partial charge is 0.275 e. The second kappa shape index (κ2) is 6.19. The number of nitriles is 1. The first kappa shape index (κ1) is 14.1. The van der Waals surface area contributed by atoms with Crippen LogP contribution in [-0.2, 0) is 6.54 Å². The van der Waals surface area contributed by atoms with E-state index < -0.39 is 0 Å². The standard InChI is InChI=1S/C13H12ClN5O/c14-11-2-1-10(5-9(11)6-16)18-13(20)12-7-19(4-3-15)8-17-12/h1-2,5,7-8H,3-4,15H2,(H,18,20). The van der Waals surface area contributed by atoms with Gasteiger partial charge in [0.1, 0.15) is 11.8 Å². The number of nitrogens with two attached hydrogens (primary N) is 1. The Labute approximate surface area is 120 Å². The molecule has 0 aliphatic carbocycles. The van der Waals surface area contributed by atoms with Crippen molar-refractivity contribution < 1.29 is 4.79 Å². The molecule has 1 heterocycles. The highest BCUT2D eigenvalue weighted by atomic mass is 35.5. The lowest BCUT2D eigenvalue weighted by atomic mass is 10.2. The van der Waals surface area contributed by atoms with Crippen LogP contribution in [0.2, 0.25) is 5.02 Å². The van der Waals surface area contributed by atoms with Crippen molar-refractivity contribution in [3.8, 4) is 6.07 Å². The molecule has 1 aromatic carbocycles. The van der Waals surface area contributed by atoms with Gasteiger partial charge in [-0.3, -0.25) is 4.79 Å². The lowest BCUT2D eigenvalue weighted by Gasteiger charge is -2.04. The second-order valence-electron chi connectivity index (χ2n) is 4.05. The fraction of sp³-hybridized carbons (Fsp3) is 0.154. The van der Waals surface area contributed by atoms with Crippen molar-refractivity contribution in [1.82, 2.24) is 9.55 Å². The third kappa shape index (κ3) is 3.15. The van der Waals surface area contributed by atoms with E-state index in [9.17, 15) is 4.79 Å². The molecule has 0 spiro atoms. The highest BCUT2D eigenvalue weighted by Gasteiger charge is 2.10. The summed E-state index contributed by atoms with van der Waals surface area (Å²) < 4.78 is 1.73. The third-order valence-corrected chi connectivity index (χ3v) is 2.93. The lowest BCUT2D eigenvalue weighted by Crippen LogP contribution is -2.13. The minimum absolute atomic E-state index is 0.284. The molecule has 0 aliphatic rings. The van der Waals surface area contributed by atoms with E-state index in [2.05, 4.69) is 10.3 Å². The van der Waals surface area contributed by atoms with E-state index in [4.69, 9.17) is 22.6 Å². The van der Waals surface area contributed by atoms with Gasteiger partial charge in [-0.15, -0.1) is 0 Å². The van der Waals surface area contributed by atoms with Gasteiger partial charge in [0.25, 0.3) is 5.91 Å². The maximum atomic E-state index is 12.0. The van der Waals surface area contributed by atoms with Crippen LogP contribution in [0.3, 0.4) is 0 Å². The molecule has 1 aromatic heterocycles. The summed E-state index contributed by atoms with van der Waals surface area (Å²) in [5.41, 5.74) is 6.50. The normalized spacial score (nSPS) is 10.1. The molecule has 0 radical (unpaired) electrons. The summed E-state index contributed by atoms with van der Waals surface area (Å²) in [6.45, 7) is 1.07. The van der Waals surface area contributed by atoms with Gasteiger partial charge in [0.2, 0.25) is 0 Å². The SMILES string of the molecule is N#Cc1cc(NC(=O)c2cn(CCN)cn2)ccc1Cl. The highest BCUT2D eigenvalue weighted by Crippen LogP contribution is 2.20. The maximum Gasteiger partial charge on any atom is 0.275 e. The molecule has 0 saturated heterocycles. The summed E-state index contributed by atoms with van der Waals surface area (Å²) >= 11 is 5.83. The van der Waals surface area contributed by atoms with E-state index in [1.165, 1.54) is 6.07 Å². The van der Waals surface area contributed by atoms with Crippen molar-refractivity contribution in [2.75, 3.05) is 11.9 Å². The van der Waals surface area contributed by atoms with Gasteiger partial charge in [-0.05, 0) is 18.2 Å². The predicted octanol–water partition coefficient (Wildman–Crippen LogP) is 1.62. The first-order valence-corrected chi connectivity index (χ1v) is 6.24. The van der Waals surface area contributed by atoms with Crippen LogP contribution in [-0.4, -0.2) is 22.0 Å². The van der Waals surface area contributed by atoms with Crippen LogP contribution >= 0.6 is 11.6 Å². The van der Waals surface area contributed by atoms with Crippen LogP contribution in [0.15, 0.2) is 30.7 Å². The number of nitrogens with one attached hydrogen (secondary N) is 1. The van der Waals surface area contributed by atoms with Crippen LogP contribution in [0.1, 0.15) is 16.1 Å². The van der Waals surface area contributed by atoms with Crippen LogP contribution < -0.4 is 11.1 Å². The van der Waals surface area contributed by atoms with Gasteiger partial charge in [0.15, 0.2) is 0 Å². The van der Waals surface area contributed by atoms with Gasteiger partial charge >= 0.3 is 0 Å². The zero-order valence-electron chi connectivity index (χ0n) is 10.5. The lowest BCUT2D eigenvalue weighted by molar-refractivity contribution is 0.102. The van der Waals surface area contributed by atoms with Crippen LogP contribution in [0.4, 0.5) is 5.69 Å². The van der Waals surface area contributed by atoms with Crippen molar-refractivity contribution >= 4 is 23.2 Å². The third-order valence-electron chi connectivity index (χ3n) is 2.60. The van der Waals surface area contributed by atoms with Crippen molar-refractivity contribution in [2.45, 2.75) is 6.54 Å². The van der Waals surface area contributed by atoms with Crippen molar-refractivity contribution in [1.29, 1.82) is 5.26 Å². The minimum Gasteiger partial charge on any atom is -0.335 e. The van der Waals surface area contributed by atoms with Crippen LogP contribution in [0, 0.1) is 11.3 Å². The molecule has 1 amide bonds. The second-order valence-corrected chi connectivity index (χ2v) is 4.45. The molecule has 0 bridgehead atoms. The molecule has 20 heavy (non-hydrogen) atoms. The number of hydrogen-bond acceptors (Lipinski definition) is 4. The van der Waals surface area contributed by atoms with Crippen molar-refractivity contribution in [2.24, 2.45) is 5.73 Å². The Morgan fingerprint density at radius 3 is 3.05 bits per heavy atom. The Balaban J connectivity index is 2.13. The number of anilines is 1. The number of halogens is 1. The quantitative estimate of drug-likeness (QED) is 0.894. The number of nitrogens with zero attached hydrogens (tertiary/aromatic N) is 3. The number of imidazole rings is 1. The number of rotatable bonds is 4. The van der Waals surface area contributed by atoms with E-state index in [1.807, 2.05) is 6.07 Å². The first-order chi connectivity index (χ1) is 9.63. The zero-order chi connectivity index (χ0) is 14.5. The van der Waals surface area contributed by atoms with E-state index in [0.29, 0.717) is 29.4 Å². The van der Waals surface area contributed by atoms with E-state index in [1.54, 1.807) is 29.2 Å². The maximum absolute atomic E-state index is 12.0. The molecule has 0 aliphatic heterocycles. The van der Waals surface area contributed by atoms with E-state index in [0.717, 1.165) is 0 Å². The highest BCUT2D eigenvalue weighted by molar-refractivity contribution is 6.31. The summed E-state index contributed by atoms with van der Waals surface area (Å²) in [5.74, 6) is -0.355. The van der Waals surface area contributed by atoms with Crippen LogP contribution in [0.5, 0.6) is 0 Å². The molecule has 2 aromatic rings. The van der Waals surface area contributed by atoms with Gasteiger partial charge in [0, 0.05) is 25.0 Å². The van der Waals surface area contributed by atoms with Gasteiger partial charge < -0.3 is 15.6 Å². The number of aromatic nitrogens is 2. The number of hydrogen-bond donors (Lipinski definition) is 2. The van der Waals surface area contributed by atoms with E-state index >= 15 is 0 Å². The number of carbonyl (C=O) groups excluding carboxylic acids is 1. The largest absolute Gasteiger partial charge is 0.335 e. The van der Waals surface area contributed by atoms with E-state index in [-0.39, 0.29) is 11.6 Å². The first-order valence-electron chi connectivity index (χ1n) is 5.87. The Bertz CT molecular complexity index is 674. The molecule has 0 unspecified atom stereocenters. The van der Waals surface area contributed by atoms with Crippen LogP contribution in [0.25, 0.3) is 0 Å². The number of benzene rings is 1. The van der Waals surface area contributed by atoms with Crippen molar-refractivity contribution in [3.05, 3.63) is 47.0 Å². The molecule has 7 heteroatoms. The topological polar surface area (TPSA) is 96.7 Å². The molecule has 0 atom stereocenters. The molecular weight excluding hydrogens is 278 g/mol. The summed E-state index contributed by atoms with van der Waals surface area (Å²) in [6, 6.07) is 6.64. The fourth-order valence-corrected chi connectivity index (χ4v) is 1.79. The van der Waals surface area contributed by atoms with Gasteiger partial charge in [-0.2, -0.15) is 5.26 Å². The van der Waals surface area contributed by atoms with Gasteiger partial charge in [0.05, 0.1) is 16.9 Å². The number of carbonyl (C=O) groups is 1. The van der Waals surface area contributed by atoms with Gasteiger partial charge in [-0.25, -0.2) is 4.98 Å². The Morgan fingerprint density at radius 2 is 2.35 bits per heavy atom. The summed E-state index contributed by atoms with van der Waals surface area (Å²) in [7, 11) is 0. The Kier molecular flexibility index (Phi) is 4.35. The molecule has 102 valence electrons. The monoisotopic (exact) mass is 289 g/mol. The zero-order valence-corrected chi connectivity index (χ0v) is 11.3. The van der Waals surface area contributed by atoms with Gasteiger partial charge in [-0.1, -0.05) is 11.6 Å². The molecule has 2 rings (SSSR count). The summed E-state index contributed by atoms with van der Waals surface area (Å²) in [6.07, 6.45) is 3.16. The fourth-order valence-electron chi connectivity index (χ4n) is 1.63. The molecule has 0 saturated carbocycles. The molecular formula is C13H12ClN5O. The van der Waals surface area contributed by atoms with Crippen molar-refractivity contribution in [3.63, 3.8) is 0 Å². The average Bonchev–Trinajstić information content (AvgIpc) is 2.90. The Hall–Kier alpha value is -2.36. The average molecular weight is 290 g/mol. The Morgan fingerprint density at radius 1 is 1.55 bits per heavy atom. The molecule has 0 fully saturated rings. The number of amides is 1. The summed E-state index contributed by atoms with van der Waals surface area (Å²) in [4.78, 5) is 16.0. The minimum atomic E-state index is -0.355. The predicted molar refractivity (Wildman–Crippen MR) is 75.4 cm³/mol. The molecule has 3 N–H and O–H groups in total. The summed E-state index contributed by atoms with van der Waals surface area (Å²) in [5, 5.41) is 11.9.